The maximum absolute atomic E-state index is 9.72. The molecule has 1 aromatic rings. The molecule has 3 rings (SSSR count). The molecule has 1 fully saturated rings. The Balaban J connectivity index is 2.20. The van der Waals surface area contributed by atoms with E-state index in [0.717, 1.165) is 15.8 Å². The highest BCUT2D eigenvalue weighted by Gasteiger charge is 2.49. The predicted octanol–water partition coefficient (Wildman–Crippen LogP) is 2.42. The van der Waals surface area contributed by atoms with Gasteiger partial charge in [0.1, 0.15) is 11.5 Å². The third kappa shape index (κ3) is 1.59. The third-order valence-corrected chi connectivity index (χ3v) is 4.53. The summed E-state index contributed by atoms with van der Waals surface area (Å²) >= 11 is 8.63. The lowest BCUT2D eigenvalue weighted by atomic mass is 9.82. The summed E-state index contributed by atoms with van der Waals surface area (Å²) in [6.07, 6.45) is 0. The van der Waals surface area contributed by atoms with Gasteiger partial charge in [-0.3, -0.25) is 0 Å². The van der Waals surface area contributed by atoms with Gasteiger partial charge in [-0.15, -0.1) is 0 Å². The molecule has 3 atom stereocenters. The first-order chi connectivity index (χ1) is 8.40. The van der Waals surface area contributed by atoms with Crippen molar-refractivity contribution in [2.75, 3.05) is 0 Å². The topological polar surface area (TPSA) is 53.5 Å². The zero-order chi connectivity index (χ0) is 13.1. The summed E-state index contributed by atoms with van der Waals surface area (Å²) in [6.45, 7) is 4.08. The molecule has 3 N–H and O–H groups in total. The summed E-state index contributed by atoms with van der Waals surface area (Å²) in [5, 5.41) is 16.7. The van der Waals surface area contributed by atoms with Crippen LogP contribution in [-0.4, -0.2) is 15.9 Å². The van der Waals surface area contributed by atoms with E-state index in [0.29, 0.717) is 5.11 Å². The average molecular weight is 329 g/mol. The fourth-order valence-electron chi connectivity index (χ4n) is 2.58. The molecule has 2 aliphatic heterocycles. The summed E-state index contributed by atoms with van der Waals surface area (Å²) in [6, 6.07) is 3.39. The standard InChI is InChI=1S/C12H13BrN2O2S/c1-5-9-7-3-6(16)4-8(13)10(7)17-12(5,2)15-11(18)14-9/h3-5,9,16H,1-2H3,(H2,14,15,18). The van der Waals surface area contributed by atoms with Gasteiger partial charge in [-0.2, -0.15) is 0 Å². The van der Waals surface area contributed by atoms with Crippen molar-refractivity contribution >= 4 is 33.3 Å². The second kappa shape index (κ2) is 3.74. The number of phenols is 1. The third-order valence-electron chi connectivity index (χ3n) is 3.72. The Labute approximate surface area is 119 Å². The second-order valence-electron chi connectivity index (χ2n) is 4.92. The minimum Gasteiger partial charge on any atom is -0.508 e. The van der Waals surface area contributed by atoms with Crippen molar-refractivity contribution in [3.8, 4) is 11.5 Å². The van der Waals surface area contributed by atoms with Crippen molar-refractivity contribution in [3.63, 3.8) is 0 Å². The molecule has 1 aromatic carbocycles. The van der Waals surface area contributed by atoms with Crippen LogP contribution < -0.4 is 15.4 Å². The van der Waals surface area contributed by atoms with E-state index in [1.54, 1.807) is 12.1 Å². The van der Waals surface area contributed by atoms with Crippen molar-refractivity contribution in [2.45, 2.75) is 25.6 Å². The van der Waals surface area contributed by atoms with Gasteiger partial charge >= 0.3 is 0 Å². The number of hydrogen-bond acceptors (Lipinski definition) is 3. The van der Waals surface area contributed by atoms with Crippen LogP contribution in [0.4, 0.5) is 0 Å². The summed E-state index contributed by atoms with van der Waals surface area (Å²) in [5.74, 6) is 1.15. The van der Waals surface area contributed by atoms with Gasteiger partial charge in [0, 0.05) is 11.5 Å². The van der Waals surface area contributed by atoms with E-state index < -0.39 is 5.72 Å². The van der Waals surface area contributed by atoms with Gasteiger partial charge in [0.25, 0.3) is 0 Å². The van der Waals surface area contributed by atoms with E-state index in [1.807, 2.05) is 6.92 Å². The molecule has 18 heavy (non-hydrogen) atoms. The Morgan fingerprint density at radius 2 is 2.22 bits per heavy atom. The molecule has 3 unspecified atom stereocenters. The molecule has 1 saturated heterocycles. The van der Waals surface area contributed by atoms with E-state index in [2.05, 4.69) is 33.5 Å². The van der Waals surface area contributed by atoms with Crippen LogP contribution in [0.25, 0.3) is 0 Å². The van der Waals surface area contributed by atoms with Crippen LogP contribution in [0.2, 0.25) is 0 Å². The van der Waals surface area contributed by atoms with Crippen LogP contribution in [0.5, 0.6) is 11.5 Å². The molecule has 6 heteroatoms. The van der Waals surface area contributed by atoms with E-state index in [1.165, 1.54) is 0 Å². The largest absolute Gasteiger partial charge is 0.508 e. The SMILES string of the molecule is CC1C2NC(=S)NC1(C)Oc1c(Br)cc(O)cc12. The highest BCUT2D eigenvalue weighted by atomic mass is 79.9. The summed E-state index contributed by atoms with van der Waals surface area (Å²) in [4.78, 5) is 0. The van der Waals surface area contributed by atoms with Crippen LogP contribution in [0.15, 0.2) is 16.6 Å². The van der Waals surface area contributed by atoms with Crippen LogP contribution in [0, 0.1) is 5.92 Å². The van der Waals surface area contributed by atoms with Crippen LogP contribution in [0.1, 0.15) is 25.5 Å². The summed E-state index contributed by atoms with van der Waals surface area (Å²) < 4.78 is 6.81. The number of aromatic hydroxyl groups is 1. The smallest absolute Gasteiger partial charge is 0.184 e. The highest BCUT2D eigenvalue weighted by molar-refractivity contribution is 9.10. The maximum atomic E-state index is 9.72. The Morgan fingerprint density at radius 1 is 1.50 bits per heavy atom. The molecule has 2 bridgehead atoms. The molecule has 0 amide bonds. The Kier molecular flexibility index (Phi) is 2.50. The van der Waals surface area contributed by atoms with Crippen LogP contribution in [0.3, 0.4) is 0 Å². The molecule has 4 nitrogen and oxygen atoms in total. The quantitative estimate of drug-likeness (QED) is 0.638. The van der Waals surface area contributed by atoms with Gasteiger partial charge in [-0.1, -0.05) is 6.92 Å². The van der Waals surface area contributed by atoms with Crippen LogP contribution >= 0.6 is 28.1 Å². The van der Waals surface area contributed by atoms with Crippen molar-refractivity contribution in [1.82, 2.24) is 10.6 Å². The Hall–Kier alpha value is -1.01. The van der Waals surface area contributed by atoms with Crippen molar-refractivity contribution in [3.05, 3.63) is 22.2 Å². The molecule has 96 valence electrons. The molecular weight excluding hydrogens is 316 g/mol. The Morgan fingerprint density at radius 3 is 2.94 bits per heavy atom. The van der Waals surface area contributed by atoms with Crippen molar-refractivity contribution < 1.29 is 9.84 Å². The fourth-order valence-corrected chi connectivity index (χ4v) is 3.45. The number of phenolic OH excluding ortho intramolecular Hbond substituents is 1. The highest BCUT2D eigenvalue weighted by Crippen LogP contribution is 2.48. The molecule has 2 aliphatic rings. The number of rotatable bonds is 0. The number of benzene rings is 1. The van der Waals surface area contributed by atoms with Gasteiger partial charge in [0.2, 0.25) is 0 Å². The van der Waals surface area contributed by atoms with Crippen molar-refractivity contribution in [2.24, 2.45) is 5.92 Å². The van der Waals surface area contributed by atoms with Gasteiger partial charge in [0.05, 0.1) is 10.5 Å². The molecular formula is C12H13BrN2O2S. The number of hydrogen-bond donors (Lipinski definition) is 3. The lowest BCUT2D eigenvalue weighted by Crippen LogP contribution is -2.67. The molecule has 0 saturated carbocycles. The minimum atomic E-state index is -0.528. The molecule has 0 aromatic heterocycles. The van der Waals surface area contributed by atoms with E-state index in [-0.39, 0.29) is 17.7 Å². The first kappa shape index (κ1) is 12.0. The number of halogens is 1. The first-order valence-electron chi connectivity index (χ1n) is 5.71. The number of ether oxygens (including phenoxy) is 1. The van der Waals surface area contributed by atoms with E-state index >= 15 is 0 Å². The first-order valence-corrected chi connectivity index (χ1v) is 6.91. The van der Waals surface area contributed by atoms with Crippen LogP contribution in [-0.2, 0) is 0 Å². The van der Waals surface area contributed by atoms with Gasteiger partial charge < -0.3 is 20.5 Å². The zero-order valence-electron chi connectivity index (χ0n) is 9.95. The molecule has 0 aliphatic carbocycles. The van der Waals surface area contributed by atoms with Gasteiger partial charge in [-0.05, 0) is 47.2 Å². The van der Waals surface area contributed by atoms with Crippen molar-refractivity contribution in [1.29, 1.82) is 0 Å². The minimum absolute atomic E-state index is 0.0379. The number of fused-ring (bicyclic) bond motifs is 4. The monoisotopic (exact) mass is 328 g/mol. The lowest BCUT2D eigenvalue weighted by molar-refractivity contribution is -0.0271. The van der Waals surface area contributed by atoms with E-state index in [4.69, 9.17) is 17.0 Å². The fraction of sp³-hybridized carbons (Fsp3) is 0.417. The molecule has 0 spiro atoms. The van der Waals surface area contributed by atoms with Gasteiger partial charge in [0.15, 0.2) is 10.8 Å². The lowest BCUT2D eigenvalue weighted by Gasteiger charge is -2.50. The maximum Gasteiger partial charge on any atom is 0.184 e. The zero-order valence-corrected chi connectivity index (χ0v) is 12.4. The predicted molar refractivity (Wildman–Crippen MR) is 75.6 cm³/mol. The molecule has 2 heterocycles. The second-order valence-corrected chi connectivity index (χ2v) is 6.18. The van der Waals surface area contributed by atoms with E-state index in [9.17, 15) is 5.11 Å². The number of thiocarbonyl (C=S) groups is 1. The normalized spacial score (nSPS) is 32.9. The summed E-state index contributed by atoms with van der Waals surface area (Å²) in [7, 11) is 0. The van der Waals surface area contributed by atoms with Gasteiger partial charge in [-0.25, -0.2) is 0 Å². The summed E-state index contributed by atoms with van der Waals surface area (Å²) in [5.41, 5.74) is 0.398. The average Bonchev–Trinajstić information content (AvgIpc) is 2.25. The Bertz CT molecular complexity index is 551. The number of nitrogens with one attached hydrogen (secondary N) is 2. The molecule has 0 radical (unpaired) electrons.